The Kier molecular flexibility index (Phi) is 8.11. The molecule has 0 aliphatic heterocycles. The van der Waals surface area contributed by atoms with E-state index in [4.69, 9.17) is 0 Å². The molecule has 1 N–H and O–H groups in total. The Bertz CT molecular complexity index is 835. The van der Waals surface area contributed by atoms with Gasteiger partial charge in [0.1, 0.15) is 5.71 Å². The molecule has 1 heterocycles. The third-order valence-corrected chi connectivity index (χ3v) is 4.76. The van der Waals surface area contributed by atoms with E-state index in [1.165, 1.54) is 12.1 Å². The molecule has 0 fully saturated rings. The summed E-state index contributed by atoms with van der Waals surface area (Å²) in [5.74, 6) is -0.203. The Labute approximate surface area is 167 Å². The standard InChI is InChI=1S/C20H22N4O3S/c1-3-13-23(14-4-2)20(25)19(12-11-18-6-5-15-28-18)22-21-16-7-9-17(10-8-16)24(26)27/h3-10,15,21H,1-2,11-14H2/b22-19-. The smallest absolute Gasteiger partial charge is 0.270 e. The molecule has 2 aromatic rings. The van der Waals surface area contributed by atoms with Crippen LogP contribution in [0.4, 0.5) is 11.4 Å². The van der Waals surface area contributed by atoms with Crippen molar-refractivity contribution in [2.45, 2.75) is 12.8 Å². The molecular formula is C20H22N4O3S. The van der Waals surface area contributed by atoms with Gasteiger partial charge in [0.25, 0.3) is 11.6 Å². The highest BCUT2D eigenvalue weighted by Crippen LogP contribution is 2.16. The number of carbonyl (C=O) groups is 1. The Morgan fingerprint density at radius 2 is 1.89 bits per heavy atom. The van der Waals surface area contributed by atoms with Crippen LogP contribution < -0.4 is 5.43 Å². The summed E-state index contributed by atoms with van der Waals surface area (Å²) in [5.41, 5.74) is 3.75. The zero-order valence-electron chi connectivity index (χ0n) is 15.4. The highest BCUT2D eigenvalue weighted by atomic mass is 32.1. The lowest BCUT2D eigenvalue weighted by atomic mass is 10.1. The molecule has 7 nitrogen and oxygen atoms in total. The Morgan fingerprint density at radius 1 is 1.21 bits per heavy atom. The van der Waals surface area contributed by atoms with Gasteiger partial charge in [0.2, 0.25) is 0 Å². The molecule has 8 heteroatoms. The minimum absolute atomic E-state index is 0.00772. The Morgan fingerprint density at radius 3 is 2.43 bits per heavy atom. The van der Waals surface area contributed by atoms with Gasteiger partial charge < -0.3 is 4.90 Å². The lowest BCUT2D eigenvalue weighted by Gasteiger charge is -2.20. The lowest BCUT2D eigenvalue weighted by Crippen LogP contribution is -2.37. The van der Waals surface area contributed by atoms with Gasteiger partial charge in [0.15, 0.2) is 0 Å². The predicted octanol–water partition coefficient (Wildman–Crippen LogP) is 4.26. The van der Waals surface area contributed by atoms with E-state index in [0.29, 0.717) is 37.3 Å². The lowest BCUT2D eigenvalue weighted by molar-refractivity contribution is -0.384. The molecule has 0 saturated heterocycles. The van der Waals surface area contributed by atoms with Crippen LogP contribution in [-0.4, -0.2) is 34.5 Å². The first kappa shape index (κ1) is 21.0. The predicted molar refractivity (Wildman–Crippen MR) is 114 cm³/mol. The largest absolute Gasteiger partial charge is 0.330 e. The SMILES string of the molecule is C=CCN(CC=C)C(=O)/C(CCc1cccs1)=N\Nc1ccc([N+](=O)[O-])cc1. The summed E-state index contributed by atoms with van der Waals surface area (Å²) < 4.78 is 0. The maximum absolute atomic E-state index is 12.9. The second kappa shape index (κ2) is 10.8. The maximum atomic E-state index is 12.9. The fraction of sp³-hybridized carbons (Fsp3) is 0.200. The van der Waals surface area contributed by atoms with E-state index in [0.717, 1.165) is 4.88 Å². The van der Waals surface area contributed by atoms with Crippen LogP contribution in [0, 0.1) is 10.1 Å². The van der Waals surface area contributed by atoms with Crippen LogP contribution in [-0.2, 0) is 11.2 Å². The fourth-order valence-corrected chi connectivity index (χ4v) is 3.14. The summed E-state index contributed by atoms with van der Waals surface area (Å²) >= 11 is 1.63. The van der Waals surface area contributed by atoms with Gasteiger partial charge in [-0.2, -0.15) is 5.10 Å². The van der Waals surface area contributed by atoms with Crippen molar-refractivity contribution in [3.05, 3.63) is 82.1 Å². The average Bonchev–Trinajstić information content (AvgIpc) is 3.21. The van der Waals surface area contributed by atoms with Crippen LogP contribution >= 0.6 is 11.3 Å². The molecule has 0 saturated carbocycles. The van der Waals surface area contributed by atoms with Gasteiger partial charge in [-0.1, -0.05) is 18.2 Å². The number of hydrazone groups is 1. The van der Waals surface area contributed by atoms with Crippen molar-refractivity contribution in [2.24, 2.45) is 5.10 Å². The van der Waals surface area contributed by atoms with Gasteiger partial charge >= 0.3 is 0 Å². The third kappa shape index (κ3) is 6.17. The van der Waals surface area contributed by atoms with Gasteiger partial charge in [-0.25, -0.2) is 0 Å². The fourth-order valence-electron chi connectivity index (χ4n) is 2.43. The minimum Gasteiger partial charge on any atom is -0.330 e. The molecule has 2 rings (SSSR count). The topological polar surface area (TPSA) is 87.8 Å². The number of anilines is 1. The number of nitro groups is 1. The molecule has 146 valence electrons. The summed E-state index contributed by atoms with van der Waals surface area (Å²) in [5, 5.41) is 17.0. The van der Waals surface area contributed by atoms with E-state index >= 15 is 0 Å². The molecule has 0 radical (unpaired) electrons. The highest BCUT2D eigenvalue weighted by molar-refractivity contribution is 7.09. The minimum atomic E-state index is -0.467. The van der Waals surface area contributed by atoms with E-state index < -0.39 is 4.92 Å². The quantitative estimate of drug-likeness (QED) is 0.265. The number of non-ortho nitro benzene ring substituents is 1. The van der Waals surface area contributed by atoms with Crippen LogP contribution in [0.25, 0.3) is 0 Å². The van der Waals surface area contributed by atoms with Crippen LogP contribution in [0.3, 0.4) is 0 Å². The number of thiophene rings is 1. The molecule has 0 spiro atoms. The number of nitrogens with zero attached hydrogens (tertiary/aromatic N) is 3. The van der Waals surface area contributed by atoms with Gasteiger partial charge in [0, 0.05) is 36.5 Å². The van der Waals surface area contributed by atoms with E-state index in [1.54, 1.807) is 40.5 Å². The first-order valence-corrected chi connectivity index (χ1v) is 9.53. The molecule has 1 aromatic heterocycles. The number of amides is 1. The number of hydrogen-bond donors (Lipinski definition) is 1. The molecule has 28 heavy (non-hydrogen) atoms. The number of aryl methyl sites for hydroxylation is 1. The third-order valence-electron chi connectivity index (χ3n) is 3.82. The van der Waals surface area contributed by atoms with E-state index in [-0.39, 0.29) is 11.6 Å². The summed E-state index contributed by atoms with van der Waals surface area (Å²) in [6.45, 7) is 8.16. The van der Waals surface area contributed by atoms with Crippen LogP contribution in [0.1, 0.15) is 11.3 Å². The molecule has 0 atom stereocenters. The molecule has 0 unspecified atom stereocenters. The summed E-state index contributed by atoms with van der Waals surface area (Å²) in [4.78, 5) is 26.0. The van der Waals surface area contributed by atoms with Crippen molar-refractivity contribution in [3.63, 3.8) is 0 Å². The number of nitro benzene ring substituents is 1. The van der Waals surface area contributed by atoms with Crippen molar-refractivity contribution < 1.29 is 9.72 Å². The average molecular weight is 398 g/mol. The number of nitrogens with one attached hydrogen (secondary N) is 1. The molecule has 0 bridgehead atoms. The summed E-state index contributed by atoms with van der Waals surface area (Å²) in [6.07, 6.45) is 4.47. The van der Waals surface area contributed by atoms with Crippen molar-refractivity contribution in [1.29, 1.82) is 0 Å². The zero-order chi connectivity index (χ0) is 20.4. The number of hydrogen-bond acceptors (Lipinski definition) is 6. The van der Waals surface area contributed by atoms with Crippen molar-refractivity contribution in [1.82, 2.24) is 4.90 Å². The maximum Gasteiger partial charge on any atom is 0.270 e. The summed E-state index contributed by atoms with van der Waals surface area (Å²) in [6, 6.07) is 9.85. The van der Waals surface area contributed by atoms with Gasteiger partial charge in [-0.15, -0.1) is 24.5 Å². The van der Waals surface area contributed by atoms with Crippen molar-refractivity contribution in [3.8, 4) is 0 Å². The van der Waals surface area contributed by atoms with Crippen molar-refractivity contribution >= 4 is 34.3 Å². The van der Waals surface area contributed by atoms with Crippen LogP contribution in [0.2, 0.25) is 0 Å². The van der Waals surface area contributed by atoms with Gasteiger partial charge in [-0.3, -0.25) is 20.3 Å². The first-order chi connectivity index (χ1) is 13.5. The van der Waals surface area contributed by atoms with E-state index in [1.807, 2.05) is 17.5 Å². The number of benzene rings is 1. The summed E-state index contributed by atoms with van der Waals surface area (Å²) in [7, 11) is 0. The monoisotopic (exact) mass is 398 g/mol. The van der Waals surface area contributed by atoms with Crippen LogP contribution in [0.15, 0.2) is 72.2 Å². The van der Waals surface area contributed by atoms with E-state index in [9.17, 15) is 14.9 Å². The van der Waals surface area contributed by atoms with Gasteiger partial charge in [-0.05, 0) is 30.0 Å². The van der Waals surface area contributed by atoms with Crippen LogP contribution in [0.5, 0.6) is 0 Å². The second-order valence-corrected chi connectivity index (χ2v) is 6.87. The molecule has 0 aliphatic rings. The second-order valence-electron chi connectivity index (χ2n) is 5.84. The number of carbonyl (C=O) groups excluding carboxylic acids is 1. The normalized spacial score (nSPS) is 10.9. The van der Waals surface area contributed by atoms with Gasteiger partial charge in [0.05, 0.1) is 10.6 Å². The van der Waals surface area contributed by atoms with Crippen molar-refractivity contribution in [2.75, 3.05) is 18.5 Å². The van der Waals surface area contributed by atoms with E-state index in [2.05, 4.69) is 23.7 Å². The molecule has 1 aromatic carbocycles. The number of rotatable bonds is 11. The highest BCUT2D eigenvalue weighted by Gasteiger charge is 2.18. The first-order valence-electron chi connectivity index (χ1n) is 8.65. The Balaban J connectivity index is 2.18. The molecule has 1 amide bonds. The Hall–Kier alpha value is -3.26. The molecule has 0 aliphatic carbocycles. The molecular weight excluding hydrogens is 376 g/mol. The zero-order valence-corrected chi connectivity index (χ0v) is 16.2.